The number of hydrogen-bond acceptors (Lipinski definition) is 2. The van der Waals surface area contributed by atoms with E-state index in [1.54, 1.807) is 0 Å². The van der Waals surface area contributed by atoms with Gasteiger partial charge in [-0.2, -0.15) is 5.26 Å². The number of carboxylic acid groups (broad SMARTS) is 1. The van der Waals surface area contributed by atoms with Gasteiger partial charge >= 0.3 is 6.09 Å². The van der Waals surface area contributed by atoms with Gasteiger partial charge < -0.3 is 10.0 Å². The molecular weight excluding hydrogens is 228 g/mol. The van der Waals surface area contributed by atoms with E-state index in [1.807, 2.05) is 30.3 Å². The van der Waals surface area contributed by atoms with Gasteiger partial charge in [0.1, 0.15) is 0 Å². The van der Waals surface area contributed by atoms with E-state index < -0.39 is 11.5 Å². The molecule has 1 heterocycles. The summed E-state index contributed by atoms with van der Waals surface area (Å²) in [7, 11) is 0. The lowest BCUT2D eigenvalue weighted by Crippen LogP contribution is -2.42. The van der Waals surface area contributed by atoms with Crippen LogP contribution in [0, 0.1) is 16.7 Å². The van der Waals surface area contributed by atoms with E-state index in [4.69, 9.17) is 5.11 Å². The van der Waals surface area contributed by atoms with E-state index in [2.05, 4.69) is 6.07 Å². The van der Waals surface area contributed by atoms with Gasteiger partial charge in [0.15, 0.2) is 0 Å². The number of rotatable bonds is 2. The summed E-state index contributed by atoms with van der Waals surface area (Å²) in [6.07, 6.45) is 1.05. The lowest BCUT2D eigenvalue weighted by Gasteiger charge is -2.36. The summed E-state index contributed by atoms with van der Waals surface area (Å²) < 4.78 is 0. The molecule has 0 radical (unpaired) electrons. The van der Waals surface area contributed by atoms with Crippen LogP contribution in [0.1, 0.15) is 18.4 Å². The van der Waals surface area contributed by atoms with Crippen LogP contribution in [-0.4, -0.2) is 29.2 Å². The molecule has 0 saturated carbocycles. The minimum Gasteiger partial charge on any atom is -0.465 e. The summed E-state index contributed by atoms with van der Waals surface area (Å²) in [6, 6.07) is 12.3. The molecule has 0 spiro atoms. The molecule has 4 nitrogen and oxygen atoms in total. The molecule has 1 fully saturated rings. The van der Waals surface area contributed by atoms with Crippen molar-refractivity contribution in [2.24, 2.45) is 5.41 Å². The molecule has 1 aliphatic rings. The van der Waals surface area contributed by atoms with Gasteiger partial charge in [0.25, 0.3) is 0 Å². The molecule has 1 amide bonds. The van der Waals surface area contributed by atoms with Crippen molar-refractivity contribution < 1.29 is 9.90 Å². The van der Waals surface area contributed by atoms with Crippen LogP contribution >= 0.6 is 0 Å². The quantitative estimate of drug-likeness (QED) is 0.869. The molecule has 18 heavy (non-hydrogen) atoms. The zero-order valence-corrected chi connectivity index (χ0v) is 10.2. The number of carbonyl (C=O) groups is 1. The largest absolute Gasteiger partial charge is 0.465 e. The van der Waals surface area contributed by atoms with E-state index in [0.29, 0.717) is 32.4 Å². The minimum absolute atomic E-state index is 0.409. The van der Waals surface area contributed by atoms with Crippen molar-refractivity contribution in [1.82, 2.24) is 4.90 Å². The second-order valence-electron chi connectivity index (χ2n) is 4.82. The number of nitriles is 1. The van der Waals surface area contributed by atoms with Crippen molar-refractivity contribution in [3.05, 3.63) is 35.9 Å². The number of hydrogen-bond donors (Lipinski definition) is 1. The van der Waals surface area contributed by atoms with Crippen molar-refractivity contribution in [2.75, 3.05) is 13.1 Å². The number of nitrogens with zero attached hydrogens (tertiary/aromatic N) is 2. The zero-order chi connectivity index (χ0) is 13.0. The Morgan fingerprint density at radius 2 is 1.94 bits per heavy atom. The highest BCUT2D eigenvalue weighted by atomic mass is 16.4. The highest BCUT2D eigenvalue weighted by Crippen LogP contribution is 2.34. The van der Waals surface area contributed by atoms with Gasteiger partial charge in [-0.1, -0.05) is 30.3 Å². The number of amides is 1. The Labute approximate surface area is 106 Å². The highest BCUT2D eigenvalue weighted by molar-refractivity contribution is 5.65. The first-order valence-electron chi connectivity index (χ1n) is 6.08. The van der Waals surface area contributed by atoms with Crippen LogP contribution in [0.5, 0.6) is 0 Å². The first-order valence-corrected chi connectivity index (χ1v) is 6.08. The van der Waals surface area contributed by atoms with Crippen LogP contribution in [-0.2, 0) is 6.42 Å². The van der Waals surface area contributed by atoms with Gasteiger partial charge in [0, 0.05) is 13.1 Å². The van der Waals surface area contributed by atoms with Crippen molar-refractivity contribution >= 4 is 6.09 Å². The van der Waals surface area contributed by atoms with Crippen LogP contribution in [0.4, 0.5) is 4.79 Å². The van der Waals surface area contributed by atoms with Gasteiger partial charge in [-0.25, -0.2) is 4.79 Å². The van der Waals surface area contributed by atoms with Crippen molar-refractivity contribution in [2.45, 2.75) is 19.3 Å². The van der Waals surface area contributed by atoms with E-state index in [0.717, 1.165) is 5.56 Å². The molecule has 0 atom stereocenters. The van der Waals surface area contributed by atoms with Crippen LogP contribution in [0.2, 0.25) is 0 Å². The molecule has 1 N–H and O–H groups in total. The van der Waals surface area contributed by atoms with Gasteiger partial charge in [-0.05, 0) is 24.8 Å². The summed E-state index contributed by atoms with van der Waals surface area (Å²) in [5.41, 5.74) is 0.732. The Bertz CT molecular complexity index is 456. The van der Waals surface area contributed by atoms with Gasteiger partial charge in [-0.15, -0.1) is 0 Å². The molecule has 4 heteroatoms. The molecule has 0 aromatic heterocycles. The second-order valence-corrected chi connectivity index (χ2v) is 4.82. The maximum absolute atomic E-state index is 10.9. The summed E-state index contributed by atoms with van der Waals surface area (Å²) in [5, 5.41) is 18.3. The van der Waals surface area contributed by atoms with Gasteiger partial charge in [0.05, 0.1) is 11.5 Å². The molecule has 1 aliphatic heterocycles. The molecular formula is C14H16N2O2. The average molecular weight is 244 g/mol. The van der Waals surface area contributed by atoms with E-state index in [-0.39, 0.29) is 0 Å². The predicted molar refractivity (Wildman–Crippen MR) is 67.0 cm³/mol. The third-order valence-corrected chi connectivity index (χ3v) is 3.61. The number of piperidine rings is 1. The van der Waals surface area contributed by atoms with Crippen LogP contribution < -0.4 is 0 Å². The summed E-state index contributed by atoms with van der Waals surface area (Å²) >= 11 is 0. The predicted octanol–water partition coefficient (Wildman–Crippen LogP) is 2.51. The van der Waals surface area contributed by atoms with Crippen molar-refractivity contribution in [1.29, 1.82) is 5.26 Å². The monoisotopic (exact) mass is 244 g/mol. The molecule has 94 valence electrons. The van der Waals surface area contributed by atoms with Crippen LogP contribution in [0.3, 0.4) is 0 Å². The Balaban J connectivity index is 2.06. The minimum atomic E-state index is -0.888. The average Bonchev–Trinajstić information content (AvgIpc) is 2.40. The van der Waals surface area contributed by atoms with Crippen LogP contribution in [0.25, 0.3) is 0 Å². The summed E-state index contributed by atoms with van der Waals surface area (Å²) in [5.74, 6) is 0. The SMILES string of the molecule is N#CC1(Cc2ccccc2)CCN(C(=O)O)CC1. The smallest absolute Gasteiger partial charge is 0.407 e. The molecule has 0 unspecified atom stereocenters. The molecule has 1 aromatic rings. The topological polar surface area (TPSA) is 64.3 Å². The number of benzene rings is 1. The second kappa shape index (κ2) is 5.09. The molecule has 0 bridgehead atoms. The van der Waals surface area contributed by atoms with E-state index in [1.165, 1.54) is 4.90 Å². The molecule has 1 saturated heterocycles. The van der Waals surface area contributed by atoms with Gasteiger partial charge in [-0.3, -0.25) is 0 Å². The van der Waals surface area contributed by atoms with Crippen LogP contribution in [0.15, 0.2) is 30.3 Å². The maximum Gasteiger partial charge on any atom is 0.407 e. The third kappa shape index (κ3) is 2.62. The third-order valence-electron chi connectivity index (χ3n) is 3.61. The lowest BCUT2D eigenvalue weighted by molar-refractivity contribution is 0.110. The fourth-order valence-corrected chi connectivity index (χ4v) is 2.44. The Kier molecular flexibility index (Phi) is 3.52. The van der Waals surface area contributed by atoms with Crippen molar-refractivity contribution in [3.63, 3.8) is 0 Å². The zero-order valence-electron chi connectivity index (χ0n) is 10.2. The first-order chi connectivity index (χ1) is 8.65. The Hall–Kier alpha value is -2.02. The lowest BCUT2D eigenvalue weighted by atomic mass is 9.75. The Morgan fingerprint density at radius 1 is 1.33 bits per heavy atom. The first kappa shape index (κ1) is 12.4. The normalized spacial score (nSPS) is 18.1. The van der Waals surface area contributed by atoms with E-state index in [9.17, 15) is 10.1 Å². The highest BCUT2D eigenvalue weighted by Gasteiger charge is 2.36. The summed E-state index contributed by atoms with van der Waals surface area (Å²) in [4.78, 5) is 12.2. The fourth-order valence-electron chi connectivity index (χ4n) is 2.44. The molecule has 2 rings (SSSR count). The maximum atomic E-state index is 10.9. The molecule has 1 aromatic carbocycles. The number of likely N-dealkylation sites (tertiary alicyclic amines) is 1. The summed E-state index contributed by atoms with van der Waals surface area (Å²) in [6.45, 7) is 0.908. The molecule has 0 aliphatic carbocycles. The van der Waals surface area contributed by atoms with Gasteiger partial charge in [0.2, 0.25) is 0 Å². The Morgan fingerprint density at radius 3 is 2.44 bits per heavy atom. The van der Waals surface area contributed by atoms with E-state index >= 15 is 0 Å². The van der Waals surface area contributed by atoms with Crippen molar-refractivity contribution in [3.8, 4) is 6.07 Å². The fraction of sp³-hybridized carbons (Fsp3) is 0.429. The standard InChI is InChI=1S/C14H16N2O2/c15-11-14(10-12-4-2-1-3-5-12)6-8-16(9-7-14)13(17)18/h1-5H,6-10H2,(H,17,18).